The molecule has 2 aliphatic carbocycles. The number of Topliss-reactive ketones (excluding diaryl/α,β-unsaturated/α-hetero) is 1. The van der Waals surface area contributed by atoms with Gasteiger partial charge in [-0.1, -0.05) is 44.1 Å². The zero-order valence-corrected chi connectivity index (χ0v) is 16.9. The number of unbranched alkanes of at least 4 members (excludes halogenated alkanes) is 3. The molecule has 0 amide bonds. The van der Waals surface area contributed by atoms with Gasteiger partial charge in [0.15, 0.2) is 0 Å². The first-order valence-electron chi connectivity index (χ1n) is 10.9. The van der Waals surface area contributed by atoms with Crippen molar-refractivity contribution in [3.63, 3.8) is 0 Å². The van der Waals surface area contributed by atoms with E-state index in [1.165, 1.54) is 0 Å². The molecule has 0 saturated heterocycles. The smallest absolute Gasteiger partial charge is 0.139 e. The molecule has 0 heterocycles. The lowest BCUT2D eigenvalue weighted by Crippen LogP contribution is -2.30. The first kappa shape index (κ1) is 22.3. The van der Waals surface area contributed by atoms with Crippen LogP contribution in [0.3, 0.4) is 0 Å². The van der Waals surface area contributed by atoms with Crippen LogP contribution in [0.5, 0.6) is 0 Å². The van der Waals surface area contributed by atoms with E-state index in [0.717, 1.165) is 51.4 Å². The first-order valence-corrected chi connectivity index (χ1v) is 10.9. The summed E-state index contributed by atoms with van der Waals surface area (Å²) < 4.78 is 0. The predicted molar refractivity (Wildman–Crippen MR) is 108 cm³/mol. The highest BCUT2D eigenvalue weighted by Gasteiger charge is 2.43. The van der Waals surface area contributed by atoms with Gasteiger partial charge in [-0.05, 0) is 57.3 Å². The van der Waals surface area contributed by atoms with Crippen molar-refractivity contribution in [2.24, 2.45) is 17.8 Å². The Morgan fingerprint density at radius 2 is 1.93 bits per heavy atom. The molecule has 2 fully saturated rings. The predicted octanol–water partition coefficient (Wildman–Crippen LogP) is 3.94. The van der Waals surface area contributed by atoms with E-state index in [4.69, 9.17) is 5.11 Å². The number of carbonyl (C=O) groups excluding carboxylic acids is 1. The third-order valence-corrected chi connectivity index (χ3v) is 6.20. The van der Waals surface area contributed by atoms with Gasteiger partial charge in [-0.3, -0.25) is 4.79 Å². The summed E-state index contributed by atoms with van der Waals surface area (Å²) in [7, 11) is 0. The summed E-state index contributed by atoms with van der Waals surface area (Å²) in [6, 6.07) is 0. The molecule has 4 atom stereocenters. The molecule has 2 aliphatic rings. The summed E-state index contributed by atoms with van der Waals surface area (Å²) in [5.41, 5.74) is -0.609. The summed E-state index contributed by atoms with van der Waals surface area (Å²) in [6.07, 6.45) is 16.9. The van der Waals surface area contributed by atoms with E-state index in [1.807, 2.05) is 18.2 Å². The number of carbonyl (C=O) groups is 1. The van der Waals surface area contributed by atoms with Crippen molar-refractivity contribution in [2.75, 3.05) is 6.61 Å². The summed E-state index contributed by atoms with van der Waals surface area (Å²) in [4.78, 5) is 12.3. The van der Waals surface area contributed by atoms with E-state index < -0.39 is 11.7 Å². The van der Waals surface area contributed by atoms with Crippen LogP contribution < -0.4 is 0 Å². The molecule has 1 unspecified atom stereocenters. The lowest BCUT2D eigenvalue weighted by Gasteiger charge is -2.27. The molecular weight excluding hydrogens is 340 g/mol. The molecule has 4 heteroatoms. The number of ketones is 1. The van der Waals surface area contributed by atoms with Gasteiger partial charge < -0.3 is 15.3 Å². The van der Waals surface area contributed by atoms with E-state index in [2.05, 4.69) is 13.0 Å². The van der Waals surface area contributed by atoms with Gasteiger partial charge in [-0.15, -0.1) is 0 Å². The Bertz CT molecular complexity index is 509. The van der Waals surface area contributed by atoms with Crippen molar-refractivity contribution in [3.05, 3.63) is 24.3 Å². The highest BCUT2D eigenvalue weighted by Crippen LogP contribution is 2.44. The fourth-order valence-electron chi connectivity index (χ4n) is 4.27. The lowest BCUT2D eigenvalue weighted by molar-refractivity contribution is -0.121. The Balaban J connectivity index is 1.89. The second-order valence-electron chi connectivity index (χ2n) is 8.46. The molecule has 0 radical (unpaired) electrons. The average molecular weight is 379 g/mol. The summed E-state index contributed by atoms with van der Waals surface area (Å²) in [5, 5.41) is 30.1. The van der Waals surface area contributed by atoms with Gasteiger partial charge in [0.05, 0.1) is 11.7 Å². The van der Waals surface area contributed by atoms with Crippen LogP contribution >= 0.6 is 0 Å². The van der Waals surface area contributed by atoms with Crippen LogP contribution in [-0.2, 0) is 4.79 Å². The third kappa shape index (κ3) is 6.85. The molecule has 2 rings (SSSR count). The highest BCUT2D eigenvalue weighted by molar-refractivity contribution is 5.84. The second kappa shape index (κ2) is 11.1. The Morgan fingerprint density at radius 1 is 1.15 bits per heavy atom. The van der Waals surface area contributed by atoms with Crippen LogP contribution in [0, 0.1) is 17.8 Å². The molecule has 0 spiro atoms. The largest absolute Gasteiger partial charge is 0.396 e. The fourth-order valence-corrected chi connectivity index (χ4v) is 4.27. The maximum atomic E-state index is 12.3. The number of aliphatic hydroxyl groups excluding tert-OH is 2. The van der Waals surface area contributed by atoms with Gasteiger partial charge >= 0.3 is 0 Å². The van der Waals surface area contributed by atoms with Crippen molar-refractivity contribution < 1.29 is 20.1 Å². The van der Waals surface area contributed by atoms with Crippen molar-refractivity contribution >= 4 is 5.78 Å². The molecule has 0 bridgehead atoms. The van der Waals surface area contributed by atoms with Gasteiger partial charge in [0.1, 0.15) is 5.78 Å². The van der Waals surface area contributed by atoms with E-state index in [9.17, 15) is 15.0 Å². The van der Waals surface area contributed by atoms with Gasteiger partial charge in [-0.2, -0.15) is 0 Å². The fraction of sp³-hybridized carbons (Fsp3) is 0.783. The Morgan fingerprint density at radius 3 is 2.59 bits per heavy atom. The van der Waals surface area contributed by atoms with Gasteiger partial charge in [0, 0.05) is 24.9 Å². The topological polar surface area (TPSA) is 77.8 Å². The molecule has 0 aliphatic heterocycles. The van der Waals surface area contributed by atoms with Crippen LogP contribution in [0.25, 0.3) is 0 Å². The first-order chi connectivity index (χ1) is 13.0. The lowest BCUT2D eigenvalue weighted by atomic mass is 9.86. The molecule has 2 saturated carbocycles. The zero-order valence-electron chi connectivity index (χ0n) is 16.9. The number of hydrogen-bond donors (Lipinski definition) is 3. The van der Waals surface area contributed by atoms with E-state index in [-0.39, 0.29) is 30.6 Å². The number of aliphatic hydroxyl groups is 3. The average Bonchev–Trinajstić information content (AvgIpc) is 3.46. The number of allylic oxidation sites excluding steroid dienone is 2. The molecular formula is C23H38O4. The molecule has 154 valence electrons. The van der Waals surface area contributed by atoms with Crippen LogP contribution in [0.1, 0.15) is 77.6 Å². The SMILES string of the molecule is CCCCC(O)(CC=C[C@H]1[C@H](O)CC(=O)[C@@H]1CC=CCCCCO)C1CC1. The second-order valence-corrected chi connectivity index (χ2v) is 8.46. The van der Waals surface area contributed by atoms with Crippen LogP contribution in [0.15, 0.2) is 24.3 Å². The monoisotopic (exact) mass is 378 g/mol. The zero-order chi connectivity index (χ0) is 19.7. The van der Waals surface area contributed by atoms with Crippen molar-refractivity contribution in [3.8, 4) is 0 Å². The third-order valence-electron chi connectivity index (χ3n) is 6.20. The van der Waals surface area contributed by atoms with Gasteiger partial charge in [0.2, 0.25) is 0 Å². The maximum absolute atomic E-state index is 12.3. The Labute approximate surface area is 164 Å². The van der Waals surface area contributed by atoms with Crippen LogP contribution in [0.4, 0.5) is 0 Å². The molecule has 3 N–H and O–H groups in total. The van der Waals surface area contributed by atoms with E-state index in [1.54, 1.807) is 0 Å². The maximum Gasteiger partial charge on any atom is 0.139 e. The quantitative estimate of drug-likeness (QED) is 0.335. The molecule has 4 nitrogen and oxygen atoms in total. The molecule has 0 aromatic heterocycles. The summed E-state index contributed by atoms with van der Waals surface area (Å²) in [6.45, 7) is 2.37. The minimum atomic E-state index is -0.609. The van der Waals surface area contributed by atoms with E-state index >= 15 is 0 Å². The number of hydrogen-bond acceptors (Lipinski definition) is 4. The van der Waals surface area contributed by atoms with Gasteiger partial charge in [0.25, 0.3) is 0 Å². The molecule has 0 aromatic rings. The molecule has 0 aromatic carbocycles. The highest BCUT2D eigenvalue weighted by atomic mass is 16.3. The Hall–Kier alpha value is -0.970. The van der Waals surface area contributed by atoms with Crippen LogP contribution in [0.2, 0.25) is 0 Å². The van der Waals surface area contributed by atoms with Crippen molar-refractivity contribution in [2.45, 2.75) is 89.3 Å². The summed E-state index contributed by atoms with van der Waals surface area (Å²) in [5.74, 6) is 0.256. The van der Waals surface area contributed by atoms with E-state index in [0.29, 0.717) is 18.8 Å². The van der Waals surface area contributed by atoms with Crippen molar-refractivity contribution in [1.82, 2.24) is 0 Å². The normalized spacial score (nSPS) is 28.4. The van der Waals surface area contributed by atoms with Gasteiger partial charge in [-0.25, -0.2) is 0 Å². The van der Waals surface area contributed by atoms with Crippen LogP contribution in [-0.4, -0.2) is 39.4 Å². The number of rotatable bonds is 13. The molecule has 27 heavy (non-hydrogen) atoms. The minimum Gasteiger partial charge on any atom is -0.396 e. The minimum absolute atomic E-state index is 0.139. The Kier molecular flexibility index (Phi) is 9.20. The standard InChI is InChI=1S/C23H38O4/c1-2-3-14-23(27,18-12-13-18)15-9-11-20-19(21(25)17-22(20)26)10-7-5-4-6-8-16-24/h5,7,9,11,18-20,22,24,26-27H,2-4,6,8,10,12-17H2,1H3/t19-,20-,22-,23?/m1/s1. The van der Waals surface area contributed by atoms with Crippen molar-refractivity contribution in [1.29, 1.82) is 0 Å². The summed E-state index contributed by atoms with van der Waals surface area (Å²) >= 11 is 0.